The fourth-order valence-corrected chi connectivity index (χ4v) is 2.68. The average molecular weight is 408 g/mol. The molecule has 0 radical (unpaired) electrons. The van der Waals surface area contributed by atoms with Gasteiger partial charge in [0.15, 0.2) is 11.6 Å². The monoisotopic (exact) mass is 407 g/mol. The number of fused-ring (bicyclic) bond motifs is 1. The number of rotatable bonds is 2. The molecule has 0 bridgehead atoms. The molecule has 3 aromatic carbocycles. The van der Waals surface area contributed by atoms with Gasteiger partial charge in [-0.1, -0.05) is 108 Å². The van der Waals surface area contributed by atoms with E-state index in [-0.39, 0.29) is 5.28 Å². The number of benzene rings is 3. The minimum atomic E-state index is 0.196. The van der Waals surface area contributed by atoms with Crippen LogP contribution in [-0.4, -0.2) is 15.0 Å². The molecule has 0 fully saturated rings. The molecule has 0 N–H and O–H groups in total. The lowest BCUT2D eigenvalue weighted by molar-refractivity contribution is 1.07. The van der Waals surface area contributed by atoms with Crippen molar-refractivity contribution in [1.82, 2.24) is 15.0 Å². The fraction of sp³-hybridized carbons (Fsp3) is 0.240. The first kappa shape index (κ1) is 24.3. The molecule has 0 aliphatic heterocycles. The van der Waals surface area contributed by atoms with Crippen LogP contribution in [0.15, 0.2) is 72.8 Å². The summed E-state index contributed by atoms with van der Waals surface area (Å²) >= 11 is 6.11. The van der Waals surface area contributed by atoms with Gasteiger partial charge in [0.1, 0.15) is 0 Å². The van der Waals surface area contributed by atoms with Gasteiger partial charge in [-0.05, 0) is 28.4 Å². The van der Waals surface area contributed by atoms with E-state index in [1.54, 1.807) is 0 Å². The second-order valence-corrected chi connectivity index (χ2v) is 5.52. The molecule has 0 saturated carbocycles. The lowest BCUT2D eigenvalue weighted by Crippen LogP contribution is -1.97. The molecular formula is C25H30ClN3. The van der Waals surface area contributed by atoms with Crippen LogP contribution in [0.4, 0.5) is 0 Å². The van der Waals surface area contributed by atoms with Gasteiger partial charge in [-0.15, -0.1) is 0 Å². The molecule has 1 aromatic heterocycles. The highest BCUT2D eigenvalue weighted by atomic mass is 35.5. The van der Waals surface area contributed by atoms with E-state index >= 15 is 0 Å². The molecule has 0 unspecified atom stereocenters. The Morgan fingerprint density at radius 1 is 0.517 bits per heavy atom. The van der Waals surface area contributed by atoms with E-state index in [9.17, 15) is 0 Å². The number of halogens is 1. The topological polar surface area (TPSA) is 38.7 Å². The van der Waals surface area contributed by atoms with Gasteiger partial charge >= 0.3 is 0 Å². The number of hydrogen-bond acceptors (Lipinski definition) is 3. The third-order valence-electron chi connectivity index (χ3n) is 3.65. The second-order valence-electron chi connectivity index (χ2n) is 5.18. The van der Waals surface area contributed by atoms with Gasteiger partial charge in [0, 0.05) is 11.1 Å². The zero-order valence-electron chi connectivity index (χ0n) is 18.1. The van der Waals surface area contributed by atoms with Gasteiger partial charge in [-0.3, -0.25) is 0 Å². The highest BCUT2D eigenvalue weighted by Gasteiger charge is 2.09. The summed E-state index contributed by atoms with van der Waals surface area (Å²) in [5.41, 5.74) is 1.84. The quantitative estimate of drug-likeness (QED) is 0.337. The van der Waals surface area contributed by atoms with E-state index in [0.717, 1.165) is 16.5 Å². The Balaban J connectivity index is 0.000000644. The zero-order valence-corrected chi connectivity index (χ0v) is 18.9. The Bertz CT molecular complexity index is 985. The van der Waals surface area contributed by atoms with E-state index in [2.05, 4.69) is 39.2 Å². The largest absolute Gasteiger partial charge is 0.226 e. The van der Waals surface area contributed by atoms with Crippen LogP contribution in [0.3, 0.4) is 0 Å². The summed E-state index contributed by atoms with van der Waals surface area (Å²) in [5, 5.41) is 2.52. The summed E-state index contributed by atoms with van der Waals surface area (Å²) in [6, 6.07) is 24.1. The lowest BCUT2D eigenvalue weighted by Gasteiger charge is -2.06. The lowest BCUT2D eigenvalue weighted by atomic mass is 10.1. The smallest absolute Gasteiger partial charge is 0.208 e. The molecular weight excluding hydrogens is 378 g/mol. The predicted octanol–water partition coefficient (Wildman–Crippen LogP) is 8.09. The highest BCUT2D eigenvalue weighted by molar-refractivity contribution is 6.28. The van der Waals surface area contributed by atoms with Crippen LogP contribution in [0.25, 0.3) is 33.5 Å². The van der Waals surface area contributed by atoms with Crippen molar-refractivity contribution in [2.75, 3.05) is 0 Å². The molecule has 4 rings (SSSR count). The van der Waals surface area contributed by atoms with Crippen molar-refractivity contribution < 1.29 is 0 Å². The molecule has 152 valence electrons. The molecule has 4 aromatic rings. The van der Waals surface area contributed by atoms with Gasteiger partial charge in [-0.2, -0.15) is 9.97 Å². The van der Waals surface area contributed by atoms with Crippen LogP contribution in [0.2, 0.25) is 5.28 Å². The Morgan fingerprint density at radius 2 is 1.03 bits per heavy atom. The minimum Gasteiger partial charge on any atom is -0.208 e. The van der Waals surface area contributed by atoms with E-state index in [1.165, 1.54) is 5.39 Å². The molecule has 0 aliphatic rings. The number of nitrogens with zero attached hydrogens (tertiary/aromatic N) is 3. The summed E-state index contributed by atoms with van der Waals surface area (Å²) in [6.07, 6.45) is 0. The van der Waals surface area contributed by atoms with Crippen LogP contribution in [0.1, 0.15) is 41.5 Å². The van der Waals surface area contributed by atoms with E-state index < -0.39 is 0 Å². The van der Waals surface area contributed by atoms with E-state index in [0.29, 0.717) is 11.6 Å². The van der Waals surface area contributed by atoms with Crippen molar-refractivity contribution in [3.8, 4) is 22.8 Å². The zero-order chi connectivity index (χ0) is 21.6. The van der Waals surface area contributed by atoms with Crippen molar-refractivity contribution in [2.45, 2.75) is 41.5 Å². The molecule has 1 heterocycles. The van der Waals surface area contributed by atoms with Crippen LogP contribution in [-0.2, 0) is 0 Å². The van der Waals surface area contributed by atoms with Crippen LogP contribution in [0.5, 0.6) is 0 Å². The van der Waals surface area contributed by atoms with Crippen molar-refractivity contribution in [2.24, 2.45) is 0 Å². The standard InChI is InChI=1S/C19H12ClN3.3C2H6/c20-19-22-17(14-7-2-1-3-8-14)21-18(23-19)16-11-10-13-6-4-5-9-15(13)12-16;3*1-2/h1-12H;3*1-2H3. The summed E-state index contributed by atoms with van der Waals surface area (Å²) in [4.78, 5) is 13.1. The number of hydrogen-bond donors (Lipinski definition) is 0. The first-order chi connectivity index (χ1) is 14.3. The molecule has 3 nitrogen and oxygen atoms in total. The van der Waals surface area contributed by atoms with Crippen molar-refractivity contribution in [1.29, 1.82) is 0 Å². The summed E-state index contributed by atoms with van der Waals surface area (Å²) in [5.74, 6) is 1.16. The minimum absolute atomic E-state index is 0.196. The van der Waals surface area contributed by atoms with Crippen LogP contribution < -0.4 is 0 Å². The third kappa shape index (κ3) is 6.65. The van der Waals surface area contributed by atoms with Crippen molar-refractivity contribution in [3.63, 3.8) is 0 Å². The van der Waals surface area contributed by atoms with E-state index in [1.807, 2.05) is 90.1 Å². The molecule has 4 heteroatoms. The van der Waals surface area contributed by atoms with Gasteiger partial charge in [0.25, 0.3) is 0 Å². The molecule has 0 aliphatic carbocycles. The Kier molecular flexibility index (Phi) is 11.2. The fourth-order valence-electron chi connectivity index (χ4n) is 2.52. The normalized spacial score (nSPS) is 9.21. The van der Waals surface area contributed by atoms with Crippen molar-refractivity contribution in [3.05, 3.63) is 78.1 Å². The molecule has 29 heavy (non-hydrogen) atoms. The summed E-state index contributed by atoms with van der Waals surface area (Å²) in [6.45, 7) is 12.0. The van der Waals surface area contributed by atoms with Crippen LogP contribution in [0, 0.1) is 0 Å². The summed E-state index contributed by atoms with van der Waals surface area (Å²) in [7, 11) is 0. The van der Waals surface area contributed by atoms with Crippen LogP contribution >= 0.6 is 11.6 Å². The Labute approximate surface area is 179 Å². The predicted molar refractivity (Wildman–Crippen MR) is 127 cm³/mol. The maximum Gasteiger partial charge on any atom is 0.226 e. The summed E-state index contributed by atoms with van der Waals surface area (Å²) < 4.78 is 0. The van der Waals surface area contributed by atoms with Gasteiger partial charge in [0.05, 0.1) is 0 Å². The first-order valence-electron chi connectivity index (χ1n) is 10.3. The maximum atomic E-state index is 6.11. The first-order valence-corrected chi connectivity index (χ1v) is 10.6. The van der Waals surface area contributed by atoms with Gasteiger partial charge < -0.3 is 0 Å². The molecule has 0 amide bonds. The molecule has 0 atom stereocenters. The van der Waals surface area contributed by atoms with Crippen molar-refractivity contribution >= 4 is 22.4 Å². The van der Waals surface area contributed by atoms with Gasteiger partial charge in [-0.25, -0.2) is 4.98 Å². The Hall–Kier alpha value is -2.78. The highest BCUT2D eigenvalue weighted by Crippen LogP contribution is 2.24. The van der Waals surface area contributed by atoms with E-state index in [4.69, 9.17) is 11.6 Å². The third-order valence-corrected chi connectivity index (χ3v) is 3.82. The SMILES string of the molecule is CC.CC.CC.Clc1nc(-c2ccccc2)nc(-c2ccc3ccccc3c2)n1. The molecule has 0 spiro atoms. The molecule has 0 saturated heterocycles. The average Bonchev–Trinajstić information content (AvgIpc) is 2.83. The maximum absolute atomic E-state index is 6.11. The second kappa shape index (κ2) is 13.4. The Morgan fingerprint density at radius 3 is 1.66 bits per heavy atom. The van der Waals surface area contributed by atoms with Gasteiger partial charge in [0.2, 0.25) is 5.28 Å². The number of aromatic nitrogens is 3.